The molecular formula is C16H19N3O2. The lowest BCUT2D eigenvalue weighted by Gasteiger charge is -2.28. The van der Waals surface area contributed by atoms with Gasteiger partial charge in [0, 0.05) is 16.8 Å². The summed E-state index contributed by atoms with van der Waals surface area (Å²) in [7, 11) is 0. The first-order valence-corrected chi connectivity index (χ1v) is 7.24. The second kappa shape index (κ2) is 4.98. The topological polar surface area (TPSA) is 75.1 Å². The normalized spacial score (nSPS) is 25.1. The molecule has 0 saturated heterocycles. The van der Waals surface area contributed by atoms with E-state index < -0.39 is 11.4 Å². The highest BCUT2D eigenvalue weighted by Gasteiger charge is 2.45. The molecule has 0 amide bonds. The molecule has 0 aliphatic heterocycles. The van der Waals surface area contributed by atoms with Crippen molar-refractivity contribution in [1.29, 1.82) is 0 Å². The molecule has 110 valence electrons. The number of carbonyl (C=O) groups is 1. The standard InChI is InChI=1S/C16H19N3O2/c1-10-11-6-3-4-7-12(11)14(19-18-10)17-13-8-5-9-16(13,2)15(20)21/h3-4,6-7,13H,5,8-9H2,1-2H3,(H,17,19)(H,20,21). The first-order valence-electron chi connectivity index (χ1n) is 7.24. The van der Waals surface area contributed by atoms with Gasteiger partial charge in [0.2, 0.25) is 0 Å². The van der Waals surface area contributed by atoms with Gasteiger partial charge in [0.1, 0.15) is 0 Å². The van der Waals surface area contributed by atoms with Crippen molar-refractivity contribution in [3.05, 3.63) is 30.0 Å². The SMILES string of the molecule is Cc1nnc(NC2CCCC2(C)C(=O)O)c2ccccc12. The lowest BCUT2D eigenvalue weighted by molar-refractivity contribution is -0.147. The van der Waals surface area contributed by atoms with E-state index in [0.717, 1.165) is 29.3 Å². The Kier molecular flexibility index (Phi) is 3.27. The zero-order valence-electron chi connectivity index (χ0n) is 12.3. The fourth-order valence-electron chi connectivity index (χ4n) is 3.16. The number of aromatic nitrogens is 2. The summed E-state index contributed by atoms with van der Waals surface area (Å²) in [5.41, 5.74) is 0.136. The van der Waals surface area contributed by atoms with E-state index >= 15 is 0 Å². The zero-order valence-corrected chi connectivity index (χ0v) is 12.3. The Balaban J connectivity index is 1.99. The van der Waals surface area contributed by atoms with Crippen LogP contribution in [0.5, 0.6) is 0 Å². The Morgan fingerprint density at radius 1 is 1.33 bits per heavy atom. The molecule has 2 aromatic rings. The molecule has 0 radical (unpaired) electrons. The first-order chi connectivity index (χ1) is 10.0. The minimum Gasteiger partial charge on any atom is -0.481 e. The molecule has 1 aromatic heterocycles. The number of hydrogen-bond donors (Lipinski definition) is 2. The predicted molar refractivity (Wildman–Crippen MR) is 81.3 cm³/mol. The highest BCUT2D eigenvalue weighted by molar-refractivity contribution is 5.93. The molecule has 1 aromatic carbocycles. The van der Waals surface area contributed by atoms with E-state index in [4.69, 9.17) is 0 Å². The van der Waals surface area contributed by atoms with Gasteiger partial charge in [-0.3, -0.25) is 4.79 Å². The van der Waals surface area contributed by atoms with E-state index in [-0.39, 0.29) is 6.04 Å². The first kappa shape index (κ1) is 13.8. The number of carboxylic acids is 1. The molecule has 1 saturated carbocycles. The van der Waals surface area contributed by atoms with E-state index in [1.54, 1.807) is 0 Å². The van der Waals surface area contributed by atoms with Gasteiger partial charge in [-0.25, -0.2) is 0 Å². The number of anilines is 1. The Morgan fingerprint density at radius 2 is 2.05 bits per heavy atom. The Hall–Kier alpha value is -2.17. The summed E-state index contributed by atoms with van der Waals surface area (Å²) in [6, 6.07) is 7.81. The fourth-order valence-corrected chi connectivity index (χ4v) is 3.16. The Morgan fingerprint density at radius 3 is 2.76 bits per heavy atom. The summed E-state index contributed by atoms with van der Waals surface area (Å²) in [4.78, 5) is 11.6. The third kappa shape index (κ3) is 2.22. The van der Waals surface area contributed by atoms with Crippen molar-refractivity contribution in [2.75, 3.05) is 5.32 Å². The van der Waals surface area contributed by atoms with Crippen LogP contribution in [0.4, 0.5) is 5.82 Å². The number of rotatable bonds is 3. The van der Waals surface area contributed by atoms with E-state index in [9.17, 15) is 9.90 Å². The third-order valence-corrected chi connectivity index (χ3v) is 4.63. The zero-order chi connectivity index (χ0) is 15.0. The van der Waals surface area contributed by atoms with Crippen LogP contribution in [-0.4, -0.2) is 27.3 Å². The monoisotopic (exact) mass is 285 g/mol. The van der Waals surface area contributed by atoms with E-state index in [0.29, 0.717) is 12.2 Å². The molecule has 0 spiro atoms. The van der Waals surface area contributed by atoms with Crippen molar-refractivity contribution in [1.82, 2.24) is 10.2 Å². The maximum Gasteiger partial charge on any atom is 0.311 e. The van der Waals surface area contributed by atoms with Crippen molar-refractivity contribution >= 4 is 22.6 Å². The second-order valence-electron chi connectivity index (χ2n) is 5.99. The van der Waals surface area contributed by atoms with Gasteiger partial charge in [-0.1, -0.05) is 30.7 Å². The molecule has 1 fully saturated rings. The average molecular weight is 285 g/mol. The van der Waals surface area contributed by atoms with Crippen LogP contribution in [0.25, 0.3) is 10.8 Å². The molecule has 1 aliphatic rings. The van der Waals surface area contributed by atoms with Gasteiger partial charge in [-0.2, -0.15) is 5.10 Å². The Bertz CT molecular complexity index is 701. The molecular weight excluding hydrogens is 266 g/mol. The van der Waals surface area contributed by atoms with Crippen LogP contribution in [0.15, 0.2) is 24.3 Å². The molecule has 2 atom stereocenters. The minimum absolute atomic E-state index is 0.115. The summed E-state index contributed by atoms with van der Waals surface area (Å²) < 4.78 is 0. The number of carboxylic acid groups (broad SMARTS) is 1. The van der Waals surface area contributed by atoms with Gasteiger partial charge < -0.3 is 10.4 Å². The maximum absolute atomic E-state index is 11.6. The summed E-state index contributed by atoms with van der Waals surface area (Å²) >= 11 is 0. The molecule has 0 bridgehead atoms. The van der Waals surface area contributed by atoms with Crippen LogP contribution in [0, 0.1) is 12.3 Å². The van der Waals surface area contributed by atoms with E-state index in [1.807, 2.05) is 38.1 Å². The quantitative estimate of drug-likeness (QED) is 0.906. The van der Waals surface area contributed by atoms with E-state index in [2.05, 4.69) is 15.5 Å². The Labute approximate surface area is 123 Å². The summed E-state index contributed by atoms with van der Waals surface area (Å²) in [6.45, 7) is 3.74. The van der Waals surface area contributed by atoms with Crippen molar-refractivity contribution in [2.45, 2.75) is 39.2 Å². The van der Waals surface area contributed by atoms with Crippen LogP contribution >= 0.6 is 0 Å². The number of fused-ring (bicyclic) bond motifs is 1. The smallest absolute Gasteiger partial charge is 0.311 e. The molecule has 5 nitrogen and oxygen atoms in total. The van der Waals surface area contributed by atoms with Crippen LogP contribution in [0.3, 0.4) is 0 Å². The number of nitrogens with one attached hydrogen (secondary N) is 1. The minimum atomic E-state index is -0.748. The molecule has 1 heterocycles. The maximum atomic E-state index is 11.6. The molecule has 3 rings (SSSR count). The summed E-state index contributed by atoms with van der Waals surface area (Å²) in [6.07, 6.45) is 2.45. The molecule has 21 heavy (non-hydrogen) atoms. The van der Waals surface area contributed by atoms with Crippen molar-refractivity contribution in [3.8, 4) is 0 Å². The van der Waals surface area contributed by atoms with Crippen LogP contribution in [0.2, 0.25) is 0 Å². The lowest BCUT2D eigenvalue weighted by Crippen LogP contribution is -2.40. The van der Waals surface area contributed by atoms with Crippen LogP contribution in [-0.2, 0) is 4.79 Å². The summed E-state index contributed by atoms with van der Waals surface area (Å²) in [5, 5.41) is 23.3. The molecule has 2 N–H and O–H groups in total. The number of nitrogens with zero attached hydrogens (tertiary/aromatic N) is 2. The van der Waals surface area contributed by atoms with Crippen molar-refractivity contribution in [2.24, 2.45) is 5.41 Å². The highest BCUT2D eigenvalue weighted by Crippen LogP contribution is 2.40. The summed E-state index contributed by atoms with van der Waals surface area (Å²) in [5.74, 6) is -0.0718. The van der Waals surface area contributed by atoms with E-state index in [1.165, 1.54) is 0 Å². The van der Waals surface area contributed by atoms with Crippen LogP contribution in [0.1, 0.15) is 31.9 Å². The van der Waals surface area contributed by atoms with Gasteiger partial charge in [0.15, 0.2) is 5.82 Å². The number of benzene rings is 1. The number of aryl methyl sites for hydroxylation is 1. The second-order valence-corrected chi connectivity index (χ2v) is 5.99. The lowest BCUT2D eigenvalue weighted by atomic mass is 9.85. The van der Waals surface area contributed by atoms with Crippen molar-refractivity contribution in [3.63, 3.8) is 0 Å². The number of hydrogen-bond acceptors (Lipinski definition) is 4. The van der Waals surface area contributed by atoms with Gasteiger partial charge in [0.25, 0.3) is 0 Å². The largest absolute Gasteiger partial charge is 0.481 e. The predicted octanol–water partition coefficient (Wildman–Crippen LogP) is 2.99. The average Bonchev–Trinajstić information content (AvgIpc) is 2.85. The van der Waals surface area contributed by atoms with Gasteiger partial charge in [-0.05, 0) is 26.7 Å². The molecule has 2 unspecified atom stereocenters. The van der Waals surface area contributed by atoms with Gasteiger partial charge >= 0.3 is 5.97 Å². The molecule has 1 aliphatic carbocycles. The van der Waals surface area contributed by atoms with Crippen LogP contribution < -0.4 is 5.32 Å². The molecule has 5 heteroatoms. The highest BCUT2D eigenvalue weighted by atomic mass is 16.4. The van der Waals surface area contributed by atoms with Gasteiger partial charge in [-0.15, -0.1) is 5.10 Å². The third-order valence-electron chi connectivity index (χ3n) is 4.63. The number of aliphatic carboxylic acids is 1. The van der Waals surface area contributed by atoms with Crippen molar-refractivity contribution < 1.29 is 9.90 Å². The fraction of sp³-hybridized carbons (Fsp3) is 0.438. The van der Waals surface area contributed by atoms with Gasteiger partial charge in [0.05, 0.1) is 11.1 Å².